The van der Waals surface area contributed by atoms with Gasteiger partial charge in [-0.3, -0.25) is 24.4 Å². The number of unbranched alkanes of at least 4 members (excludes halogenated alkanes) is 4. The number of hydrogen-bond donors (Lipinski definition) is 2. The molecule has 0 bridgehead atoms. The van der Waals surface area contributed by atoms with Gasteiger partial charge < -0.3 is 5.11 Å². The molecule has 28 heavy (non-hydrogen) atoms. The van der Waals surface area contributed by atoms with E-state index in [1.165, 1.54) is 0 Å². The third-order valence-corrected chi connectivity index (χ3v) is 5.24. The Kier molecular flexibility index (Phi) is 6.79. The minimum absolute atomic E-state index is 0.216. The molecule has 2 heterocycles. The third kappa shape index (κ3) is 4.97. The molecule has 0 saturated carbocycles. The average molecular weight is 385 g/mol. The predicted octanol–water partition coefficient (Wildman–Crippen LogP) is 3.37. The fourth-order valence-electron chi connectivity index (χ4n) is 3.78. The summed E-state index contributed by atoms with van der Waals surface area (Å²) in [6.07, 6.45) is 7.37. The van der Waals surface area contributed by atoms with E-state index in [9.17, 15) is 14.4 Å². The van der Waals surface area contributed by atoms with Crippen LogP contribution in [0.15, 0.2) is 24.3 Å². The monoisotopic (exact) mass is 385 g/mol. The van der Waals surface area contributed by atoms with Crippen molar-refractivity contribution in [3.63, 3.8) is 0 Å². The number of carboxylic acids is 1. The van der Waals surface area contributed by atoms with E-state index in [0.717, 1.165) is 55.1 Å². The fourth-order valence-corrected chi connectivity index (χ4v) is 3.78. The fraction of sp³-hybridized carbons (Fsp3) is 0.524. The number of nitrogens with zero attached hydrogens (tertiary/aromatic N) is 2. The molecule has 1 atom stereocenters. The van der Waals surface area contributed by atoms with Crippen molar-refractivity contribution < 1.29 is 19.5 Å². The zero-order chi connectivity index (χ0) is 19.9. The summed E-state index contributed by atoms with van der Waals surface area (Å²) in [6.45, 7) is 0. The van der Waals surface area contributed by atoms with E-state index in [0.29, 0.717) is 19.3 Å². The van der Waals surface area contributed by atoms with Crippen molar-refractivity contribution in [2.45, 2.75) is 70.3 Å². The van der Waals surface area contributed by atoms with Crippen LogP contribution < -0.4 is 5.32 Å². The molecule has 0 aliphatic carbocycles. The molecule has 1 aromatic heterocycles. The summed E-state index contributed by atoms with van der Waals surface area (Å²) in [5.41, 5.74) is 1.90. The maximum atomic E-state index is 12.5. The Labute approximate surface area is 164 Å². The van der Waals surface area contributed by atoms with Crippen molar-refractivity contribution in [3.8, 4) is 0 Å². The molecule has 1 aliphatic heterocycles. The summed E-state index contributed by atoms with van der Waals surface area (Å²) >= 11 is 0. The number of para-hydroxylation sites is 1. The number of aromatic nitrogens is 2. The van der Waals surface area contributed by atoms with E-state index < -0.39 is 12.0 Å². The predicted molar refractivity (Wildman–Crippen MR) is 105 cm³/mol. The van der Waals surface area contributed by atoms with E-state index in [1.807, 2.05) is 24.3 Å². The van der Waals surface area contributed by atoms with Crippen LogP contribution in [-0.4, -0.2) is 32.7 Å². The molecule has 1 fully saturated rings. The number of aliphatic carboxylic acids is 1. The molecule has 1 unspecified atom stereocenters. The van der Waals surface area contributed by atoms with Gasteiger partial charge in [0.05, 0.1) is 11.2 Å². The molecule has 2 N–H and O–H groups in total. The van der Waals surface area contributed by atoms with E-state index in [1.54, 1.807) is 4.68 Å². The zero-order valence-corrected chi connectivity index (χ0v) is 16.0. The summed E-state index contributed by atoms with van der Waals surface area (Å²) in [6, 6.07) is 7.45. The van der Waals surface area contributed by atoms with E-state index in [4.69, 9.17) is 10.2 Å². The van der Waals surface area contributed by atoms with Crippen LogP contribution in [0.1, 0.15) is 69.5 Å². The largest absolute Gasteiger partial charge is 0.481 e. The van der Waals surface area contributed by atoms with Crippen LogP contribution in [0, 0.1) is 0 Å². The maximum Gasteiger partial charge on any atom is 0.303 e. The number of amides is 2. The highest BCUT2D eigenvalue weighted by molar-refractivity contribution is 5.98. The first-order valence-electron chi connectivity index (χ1n) is 10.1. The van der Waals surface area contributed by atoms with Gasteiger partial charge in [0.15, 0.2) is 0 Å². The number of carbonyl (C=O) groups is 3. The number of carboxylic acid groups (broad SMARTS) is 1. The Balaban J connectivity index is 1.66. The molecule has 1 aromatic carbocycles. The molecule has 1 aliphatic rings. The van der Waals surface area contributed by atoms with Gasteiger partial charge in [-0.25, -0.2) is 0 Å². The molecule has 0 spiro atoms. The lowest BCUT2D eigenvalue weighted by atomic mass is 10.1. The van der Waals surface area contributed by atoms with Crippen molar-refractivity contribution in [1.29, 1.82) is 0 Å². The van der Waals surface area contributed by atoms with E-state index >= 15 is 0 Å². The van der Waals surface area contributed by atoms with Gasteiger partial charge in [0.25, 0.3) is 5.91 Å². The third-order valence-electron chi connectivity index (χ3n) is 5.24. The summed E-state index contributed by atoms with van der Waals surface area (Å²) in [5.74, 6) is -1.23. The van der Waals surface area contributed by atoms with Gasteiger partial charge >= 0.3 is 5.97 Å². The van der Waals surface area contributed by atoms with Gasteiger partial charge in [0, 0.05) is 18.2 Å². The molecular formula is C21H27N3O4. The van der Waals surface area contributed by atoms with Crippen LogP contribution in [0.25, 0.3) is 10.9 Å². The van der Waals surface area contributed by atoms with E-state index in [2.05, 4.69) is 5.32 Å². The summed E-state index contributed by atoms with van der Waals surface area (Å²) in [5, 5.41) is 16.9. The standard InChI is InChI=1S/C21H27N3O4/c25-19-13-8-12-18(21(28)22-19)24-17-11-7-6-9-15(17)16(23-24)10-4-2-1-3-5-14-20(26)27/h6-7,9,11,18H,1-5,8,10,12-14H2,(H,26,27)(H,22,25,28). The minimum atomic E-state index is -0.735. The average Bonchev–Trinajstić information content (AvgIpc) is 2.93. The van der Waals surface area contributed by atoms with Crippen LogP contribution in [-0.2, 0) is 20.8 Å². The van der Waals surface area contributed by atoms with Crippen LogP contribution in [0.4, 0.5) is 0 Å². The van der Waals surface area contributed by atoms with Gasteiger partial charge in [-0.05, 0) is 38.2 Å². The topological polar surface area (TPSA) is 101 Å². The zero-order valence-electron chi connectivity index (χ0n) is 16.0. The van der Waals surface area contributed by atoms with Gasteiger partial charge in [-0.2, -0.15) is 5.10 Å². The number of carbonyl (C=O) groups excluding carboxylic acids is 2. The van der Waals surface area contributed by atoms with Gasteiger partial charge in [0.1, 0.15) is 6.04 Å². The molecule has 1 saturated heterocycles. The Morgan fingerprint density at radius 2 is 1.89 bits per heavy atom. The molecule has 0 radical (unpaired) electrons. The summed E-state index contributed by atoms with van der Waals surface area (Å²) < 4.78 is 1.78. The first kappa shape index (κ1) is 20.0. The first-order valence-corrected chi connectivity index (χ1v) is 10.1. The van der Waals surface area contributed by atoms with Gasteiger partial charge in [0.2, 0.25) is 5.91 Å². The highest BCUT2D eigenvalue weighted by Crippen LogP contribution is 2.27. The number of fused-ring (bicyclic) bond motifs is 1. The Bertz CT molecular complexity index is 858. The molecule has 7 heteroatoms. The van der Waals surface area contributed by atoms with E-state index in [-0.39, 0.29) is 18.2 Å². The van der Waals surface area contributed by atoms with Crippen LogP contribution in [0.3, 0.4) is 0 Å². The molecule has 7 nitrogen and oxygen atoms in total. The van der Waals surface area contributed by atoms with Gasteiger partial charge in [-0.1, -0.05) is 37.5 Å². The normalized spacial score (nSPS) is 17.5. The molecule has 2 amide bonds. The lowest BCUT2D eigenvalue weighted by Crippen LogP contribution is -2.34. The molecule has 3 rings (SSSR count). The highest BCUT2D eigenvalue weighted by Gasteiger charge is 2.28. The summed E-state index contributed by atoms with van der Waals surface area (Å²) in [4.78, 5) is 34.6. The maximum absolute atomic E-state index is 12.5. The lowest BCUT2D eigenvalue weighted by molar-refractivity contribution is -0.137. The number of benzene rings is 1. The number of nitrogens with one attached hydrogen (secondary N) is 1. The molecule has 2 aromatic rings. The van der Waals surface area contributed by atoms with Crippen molar-refractivity contribution in [3.05, 3.63) is 30.0 Å². The van der Waals surface area contributed by atoms with Crippen molar-refractivity contribution in [2.24, 2.45) is 0 Å². The first-order chi connectivity index (χ1) is 13.6. The second kappa shape index (κ2) is 9.48. The number of imide groups is 1. The van der Waals surface area contributed by atoms with Crippen molar-refractivity contribution >= 4 is 28.7 Å². The highest BCUT2D eigenvalue weighted by atomic mass is 16.4. The Morgan fingerprint density at radius 3 is 2.71 bits per heavy atom. The SMILES string of the molecule is O=C(O)CCCCCCCc1nn(C2CCCC(=O)NC2=O)c2ccccc12. The van der Waals surface area contributed by atoms with Crippen molar-refractivity contribution in [1.82, 2.24) is 15.1 Å². The van der Waals surface area contributed by atoms with Crippen molar-refractivity contribution in [2.75, 3.05) is 0 Å². The quantitative estimate of drug-likeness (QED) is 0.509. The lowest BCUT2D eigenvalue weighted by Gasteiger charge is -2.14. The second-order valence-corrected chi connectivity index (χ2v) is 7.39. The van der Waals surface area contributed by atoms with Crippen LogP contribution in [0.5, 0.6) is 0 Å². The molecular weight excluding hydrogens is 358 g/mol. The second-order valence-electron chi connectivity index (χ2n) is 7.39. The minimum Gasteiger partial charge on any atom is -0.481 e. The smallest absolute Gasteiger partial charge is 0.303 e. The van der Waals surface area contributed by atoms with Crippen LogP contribution in [0.2, 0.25) is 0 Å². The summed E-state index contributed by atoms with van der Waals surface area (Å²) in [7, 11) is 0. The molecule has 150 valence electrons. The number of rotatable bonds is 9. The van der Waals surface area contributed by atoms with Gasteiger partial charge in [-0.15, -0.1) is 0 Å². The Hall–Kier alpha value is -2.70. The number of aryl methyl sites for hydroxylation is 1. The Morgan fingerprint density at radius 1 is 1.14 bits per heavy atom. The number of hydrogen-bond acceptors (Lipinski definition) is 4. The van der Waals surface area contributed by atoms with Crippen LogP contribution >= 0.6 is 0 Å².